The fraction of sp³-hybridized carbons (Fsp3) is 0.348. The highest BCUT2D eigenvalue weighted by atomic mass is 32.2. The molecule has 1 unspecified atom stereocenters. The van der Waals surface area contributed by atoms with E-state index in [9.17, 15) is 0 Å². The number of thioether (sulfide) groups is 2. The number of morpholine rings is 1. The van der Waals surface area contributed by atoms with Crippen LogP contribution in [-0.2, 0) is 11.3 Å². The molecule has 1 saturated heterocycles. The number of hydrogen-bond acceptors (Lipinski definition) is 9. The Balaban J connectivity index is 1.25. The molecule has 174 valence electrons. The zero-order valence-corrected chi connectivity index (χ0v) is 20.2. The molecule has 0 spiro atoms. The molecule has 1 atom stereocenters. The van der Waals surface area contributed by atoms with Gasteiger partial charge in [-0.3, -0.25) is 14.1 Å². The lowest BCUT2D eigenvalue weighted by Crippen LogP contribution is -2.38. The summed E-state index contributed by atoms with van der Waals surface area (Å²) in [5.41, 5.74) is 2.22. The quantitative estimate of drug-likeness (QED) is 0.361. The molecule has 9 nitrogen and oxygen atoms in total. The minimum Gasteiger partial charge on any atom is -0.378 e. The van der Waals surface area contributed by atoms with Crippen LogP contribution in [0.15, 0.2) is 65.2 Å². The van der Waals surface area contributed by atoms with Crippen LogP contribution in [0, 0.1) is 0 Å². The van der Waals surface area contributed by atoms with Crippen LogP contribution in [0.25, 0.3) is 11.4 Å². The van der Waals surface area contributed by atoms with E-state index >= 15 is 0 Å². The summed E-state index contributed by atoms with van der Waals surface area (Å²) in [4.78, 5) is 6.53. The molecule has 11 heteroatoms. The van der Waals surface area contributed by atoms with Crippen LogP contribution in [-0.4, -0.2) is 72.3 Å². The lowest BCUT2D eigenvalue weighted by Gasteiger charge is -2.28. The van der Waals surface area contributed by atoms with Crippen LogP contribution in [0.5, 0.6) is 0 Å². The molecular weight excluding hydrogens is 468 g/mol. The van der Waals surface area contributed by atoms with E-state index in [0.29, 0.717) is 13.2 Å². The smallest absolute Gasteiger partial charge is 0.228 e. The van der Waals surface area contributed by atoms with Crippen molar-refractivity contribution in [3.63, 3.8) is 0 Å². The first-order valence-corrected chi connectivity index (χ1v) is 13.2. The third-order valence-corrected chi connectivity index (χ3v) is 8.13. The number of ether oxygens (including phenoxy) is 1. The highest BCUT2D eigenvalue weighted by Gasteiger charge is 2.30. The van der Waals surface area contributed by atoms with E-state index in [1.807, 2.05) is 24.4 Å². The van der Waals surface area contributed by atoms with E-state index in [1.54, 1.807) is 29.7 Å². The largest absolute Gasteiger partial charge is 0.378 e. The second-order valence-electron chi connectivity index (χ2n) is 8.15. The first kappa shape index (κ1) is 21.6. The number of benzene rings is 1. The Morgan fingerprint density at radius 1 is 1.00 bits per heavy atom. The van der Waals surface area contributed by atoms with Crippen molar-refractivity contribution in [3.8, 4) is 11.4 Å². The van der Waals surface area contributed by atoms with E-state index in [1.165, 1.54) is 5.56 Å². The van der Waals surface area contributed by atoms with Gasteiger partial charge >= 0.3 is 0 Å². The fourth-order valence-electron chi connectivity index (χ4n) is 4.22. The summed E-state index contributed by atoms with van der Waals surface area (Å²) in [6.45, 7) is 3.83. The molecule has 4 aromatic rings. The maximum Gasteiger partial charge on any atom is 0.228 e. The van der Waals surface area contributed by atoms with Crippen molar-refractivity contribution in [1.29, 1.82) is 0 Å². The fourth-order valence-corrected chi connectivity index (χ4v) is 6.46. The van der Waals surface area contributed by atoms with Gasteiger partial charge in [-0.25, -0.2) is 0 Å². The van der Waals surface area contributed by atoms with E-state index in [-0.39, 0.29) is 6.04 Å². The third-order valence-electron chi connectivity index (χ3n) is 5.93. The van der Waals surface area contributed by atoms with Crippen molar-refractivity contribution in [2.75, 3.05) is 42.7 Å². The molecule has 0 amide bonds. The van der Waals surface area contributed by atoms with Crippen molar-refractivity contribution in [1.82, 2.24) is 34.5 Å². The number of pyridine rings is 1. The van der Waals surface area contributed by atoms with Crippen LogP contribution >= 0.6 is 23.5 Å². The molecule has 0 aliphatic carbocycles. The Bertz CT molecular complexity index is 1240. The number of hydrogen-bond donors (Lipinski definition) is 0. The summed E-state index contributed by atoms with van der Waals surface area (Å²) in [5, 5.41) is 19.9. The number of anilines is 1. The van der Waals surface area contributed by atoms with Crippen LogP contribution in [0.4, 0.5) is 5.95 Å². The molecule has 2 aliphatic rings. The van der Waals surface area contributed by atoms with Crippen LogP contribution in [0.1, 0.15) is 11.6 Å². The standard InChI is InChI=1S/C23H24N8OS2/c1-2-5-17(6-3-1)14-30-21(29-9-11-32-12-10-29)26-27-22(30)33-15-19-16-34-23-28-25-20(31(19)23)18-7-4-8-24-13-18/h1-8,13,19H,9-12,14-16H2. The minimum atomic E-state index is 0.268. The van der Waals surface area contributed by atoms with Gasteiger partial charge in [0.2, 0.25) is 5.95 Å². The van der Waals surface area contributed by atoms with Crippen molar-refractivity contribution >= 4 is 29.5 Å². The molecule has 3 aromatic heterocycles. The summed E-state index contributed by atoms with van der Waals surface area (Å²) in [7, 11) is 0. The van der Waals surface area contributed by atoms with Gasteiger partial charge in [0.05, 0.1) is 25.8 Å². The topological polar surface area (TPSA) is 86.8 Å². The molecule has 34 heavy (non-hydrogen) atoms. The monoisotopic (exact) mass is 492 g/mol. The number of rotatable bonds is 7. The summed E-state index contributed by atoms with van der Waals surface area (Å²) < 4.78 is 10.0. The Morgan fingerprint density at radius 2 is 1.88 bits per heavy atom. The summed E-state index contributed by atoms with van der Waals surface area (Å²) >= 11 is 3.50. The molecule has 5 heterocycles. The highest BCUT2D eigenvalue weighted by Crippen LogP contribution is 2.39. The summed E-state index contributed by atoms with van der Waals surface area (Å²) in [5.74, 6) is 3.62. The predicted octanol–water partition coefficient (Wildman–Crippen LogP) is 3.26. The lowest BCUT2D eigenvalue weighted by molar-refractivity contribution is 0.121. The van der Waals surface area contributed by atoms with Crippen LogP contribution in [0.3, 0.4) is 0 Å². The molecular formula is C23H24N8OS2. The minimum absolute atomic E-state index is 0.268. The van der Waals surface area contributed by atoms with Crippen LogP contribution < -0.4 is 4.90 Å². The average molecular weight is 493 g/mol. The Hall–Kier alpha value is -2.89. The molecule has 1 aromatic carbocycles. The second-order valence-corrected chi connectivity index (χ2v) is 10.1. The van der Waals surface area contributed by atoms with E-state index in [4.69, 9.17) is 4.74 Å². The van der Waals surface area contributed by atoms with Crippen molar-refractivity contribution in [2.24, 2.45) is 0 Å². The average Bonchev–Trinajstić information content (AvgIpc) is 3.60. The number of aromatic nitrogens is 7. The molecule has 0 bridgehead atoms. The first-order chi connectivity index (χ1) is 16.9. The van der Waals surface area contributed by atoms with E-state index < -0.39 is 0 Å². The second kappa shape index (κ2) is 9.77. The number of nitrogens with zero attached hydrogens (tertiary/aromatic N) is 8. The predicted molar refractivity (Wildman–Crippen MR) is 132 cm³/mol. The van der Waals surface area contributed by atoms with Gasteiger partial charge in [0.25, 0.3) is 0 Å². The molecule has 1 fully saturated rings. The van der Waals surface area contributed by atoms with Gasteiger partial charge in [-0.1, -0.05) is 53.9 Å². The zero-order chi connectivity index (χ0) is 22.7. The van der Waals surface area contributed by atoms with Crippen LogP contribution in [0.2, 0.25) is 0 Å². The van der Waals surface area contributed by atoms with E-state index in [2.05, 4.69) is 63.7 Å². The lowest BCUT2D eigenvalue weighted by atomic mass is 10.2. The highest BCUT2D eigenvalue weighted by molar-refractivity contribution is 8.00. The maximum absolute atomic E-state index is 5.55. The summed E-state index contributed by atoms with van der Waals surface area (Å²) in [6.07, 6.45) is 3.62. The Labute approximate surface area is 206 Å². The third kappa shape index (κ3) is 4.30. The first-order valence-electron chi connectivity index (χ1n) is 11.3. The maximum atomic E-state index is 5.55. The SMILES string of the molecule is c1ccc(Cn2c(SCC3CSc4nnc(-c5cccnc5)n43)nnc2N2CCOCC2)cc1. The normalized spacial score (nSPS) is 17.8. The van der Waals surface area contributed by atoms with Crippen molar-refractivity contribution in [3.05, 3.63) is 60.4 Å². The van der Waals surface area contributed by atoms with Gasteiger partial charge in [-0.15, -0.1) is 20.4 Å². The summed E-state index contributed by atoms with van der Waals surface area (Å²) in [6, 6.07) is 14.7. The molecule has 0 N–H and O–H groups in total. The Kier molecular flexibility index (Phi) is 6.21. The van der Waals surface area contributed by atoms with Gasteiger partial charge in [-0.05, 0) is 17.7 Å². The molecule has 6 rings (SSSR count). The zero-order valence-electron chi connectivity index (χ0n) is 18.5. The Morgan fingerprint density at radius 3 is 2.71 bits per heavy atom. The van der Waals surface area contributed by atoms with Crippen molar-refractivity contribution in [2.45, 2.75) is 22.9 Å². The molecule has 0 radical (unpaired) electrons. The van der Waals surface area contributed by atoms with Gasteiger partial charge in [0.15, 0.2) is 16.1 Å². The van der Waals surface area contributed by atoms with E-state index in [0.717, 1.165) is 58.8 Å². The van der Waals surface area contributed by atoms with Crippen molar-refractivity contribution < 1.29 is 4.74 Å². The van der Waals surface area contributed by atoms with Gasteiger partial charge in [0, 0.05) is 42.6 Å². The van der Waals surface area contributed by atoms with Gasteiger partial charge in [0.1, 0.15) is 0 Å². The van der Waals surface area contributed by atoms with Gasteiger partial charge < -0.3 is 9.64 Å². The van der Waals surface area contributed by atoms with Gasteiger partial charge in [-0.2, -0.15) is 0 Å². The molecule has 2 aliphatic heterocycles. The number of fused-ring (bicyclic) bond motifs is 1. The molecule has 0 saturated carbocycles.